The number of carbonyl (C=O) groups is 1. The van der Waals surface area contributed by atoms with E-state index < -0.39 is 0 Å². The second-order valence-electron chi connectivity index (χ2n) is 6.80. The molecule has 4 rings (SSSR count). The van der Waals surface area contributed by atoms with Gasteiger partial charge >= 0.3 is 0 Å². The summed E-state index contributed by atoms with van der Waals surface area (Å²) in [5.74, 6) is 0.836. The van der Waals surface area contributed by atoms with E-state index in [1.807, 2.05) is 34.8 Å². The number of nitrogens with zero attached hydrogens (tertiary/aromatic N) is 2. The molecule has 120 valence electrons. The molecule has 0 unspecified atom stereocenters. The first-order chi connectivity index (χ1) is 10.7. The quantitative estimate of drug-likeness (QED) is 0.852. The van der Waals surface area contributed by atoms with Gasteiger partial charge in [-0.1, -0.05) is 0 Å². The number of aryl methyl sites for hydroxylation is 1. The number of hydrogen-bond donors (Lipinski definition) is 0. The molecule has 3 aliphatic rings. The summed E-state index contributed by atoms with van der Waals surface area (Å²) in [6.45, 7) is 2.10. The highest BCUT2D eigenvalue weighted by atomic mass is 16.5. The van der Waals surface area contributed by atoms with Crippen molar-refractivity contribution < 1.29 is 14.3 Å². The van der Waals surface area contributed by atoms with Crippen LogP contribution in [0.2, 0.25) is 0 Å². The normalized spacial score (nSPS) is 31.3. The Hall–Kier alpha value is -1.33. The van der Waals surface area contributed by atoms with Gasteiger partial charge in [0.1, 0.15) is 11.8 Å². The average Bonchev–Trinajstić information content (AvgIpc) is 3.13. The van der Waals surface area contributed by atoms with Gasteiger partial charge < -0.3 is 18.9 Å². The van der Waals surface area contributed by atoms with Crippen LogP contribution in [0.5, 0.6) is 0 Å². The fraction of sp³-hybridized carbons (Fsp3) is 0.706. The van der Waals surface area contributed by atoms with E-state index in [1.54, 1.807) is 0 Å². The zero-order valence-corrected chi connectivity index (χ0v) is 13.1. The number of aromatic nitrogens is 1. The fourth-order valence-corrected chi connectivity index (χ4v) is 3.72. The van der Waals surface area contributed by atoms with Crippen LogP contribution in [0.1, 0.15) is 36.2 Å². The van der Waals surface area contributed by atoms with Crippen LogP contribution in [0.15, 0.2) is 18.3 Å². The van der Waals surface area contributed by atoms with Crippen molar-refractivity contribution in [2.45, 2.75) is 43.9 Å². The first kappa shape index (κ1) is 14.3. The Morgan fingerprint density at radius 1 is 1.36 bits per heavy atom. The van der Waals surface area contributed by atoms with Gasteiger partial charge in [0, 0.05) is 26.4 Å². The van der Waals surface area contributed by atoms with Gasteiger partial charge in [-0.15, -0.1) is 0 Å². The third-order valence-corrected chi connectivity index (χ3v) is 5.20. The van der Waals surface area contributed by atoms with E-state index in [1.165, 1.54) is 12.8 Å². The second kappa shape index (κ2) is 5.70. The molecule has 22 heavy (non-hydrogen) atoms. The lowest BCUT2D eigenvalue weighted by Crippen LogP contribution is -2.47. The zero-order valence-electron chi connectivity index (χ0n) is 13.1. The summed E-state index contributed by atoms with van der Waals surface area (Å²) in [7, 11) is 1.92. The van der Waals surface area contributed by atoms with Crippen molar-refractivity contribution in [2.75, 3.05) is 19.8 Å². The van der Waals surface area contributed by atoms with Crippen LogP contribution in [0.3, 0.4) is 0 Å². The molecule has 1 aliphatic heterocycles. The van der Waals surface area contributed by atoms with Crippen molar-refractivity contribution in [3.63, 3.8) is 0 Å². The standard InChI is InChI=1S/C17H24N2O3/c1-18-8-2-3-14(18)17(20)19-9-10-21-15-7-6-13(19)16(15)22-11-12-4-5-12/h2-3,8,12-13,15-16H,4-7,9-11H2,1H3/t13-,15-,16+/m0/s1. The van der Waals surface area contributed by atoms with E-state index in [2.05, 4.69) is 0 Å². The third kappa shape index (κ3) is 2.57. The topological polar surface area (TPSA) is 43.7 Å². The summed E-state index contributed by atoms with van der Waals surface area (Å²) < 4.78 is 14.0. The summed E-state index contributed by atoms with van der Waals surface area (Å²) in [5.41, 5.74) is 0.742. The summed E-state index contributed by atoms with van der Waals surface area (Å²) >= 11 is 0. The molecule has 0 aromatic carbocycles. The van der Waals surface area contributed by atoms with Crippen LogP contribution in [-0.2, 0) is 16.5 Å². The molecule has 1 aromatic rings. The Morgan fingerprint density at radius 2 is 2.23 bits per heavy atom. The maximum atomic E-state index is 12.9. The Balaban J connectivity index is 1.53. The molecule has 0 radical (unpaired) electrons. The summed E-state index contributed by atoms with van der Waals surface area (Å²) in [6, 6.07) is 3.97. The molecular formula is C17H24N2O3. The highest BCUT2D eigenvalue weighted by molar-refractivity contribution is 5.93. The molecular weight excluding hydrogens is 280 g/mol. The summed E-state index contributed by atoms with van der Waals surface area (Å²) in [6.07, 6.45) is 6.68. The van der Waals surface area contributed by atoms with Crippen molar-refractivity contribution in [2.24, 2.45) is 13.0 Å². The van der Waals surface area contributed by atoms with Gasteiger partial charge in [0.2, 0.25) is 0 Å². The number of carbonyl (C=O) groups excluding carboxylic acids is 1. The molecule has 2 saturated carbocycles. The predicted molar refractivity (Wildman–Crippen MR) is 81.7 cm³/mol. The zero-order chi connectivity index (χ0) is 15.1. The van der Waals surface area contributed by atoms with E-state index in [9.17, 15) is 4.79 Å². The number of amides is 1. The minimum Gasteiger partial charge on any atom is -0.374 e. The highest BCUT2D eigenvalue weighted by Crippen LogP contribution is 2.35. The smallest absolute Gasteiger partial charge is 0.270 e. The van der Waals surface area contributed by atoms with Crippen molar-refractivity contribution in [1.29, 1.82) is 0 Å². The SMILES string of the molecule is Cn1cccc1C(=O)N1CCO[C@H]2CC[C@H]1[C@H]2OCC1CC1. The lowest BCUT2D eigenvalue weighted by Gasteiger charge is -2.31. The second-order valence-corrected chi connectivity index (χ2v) is 6.80. The fourth-order valence-electron chi connectivity index (χ4n) is 3.72. The van der Waals surface area contributed by atoms with Crippen LogP contribution in [-0.4, -0.2) is 53.4 Å². The highest BCUT2D eigenvalue weighted by Gasteiger charge is 2.45. The molecule has 2 heterocycles. The van der Waals surface area contributed by atoms with Crippen molar-refractivity contribution in [3.05, 3.63) is 24.0 Å². The minimum atomic E-state index is 0.0484. The number of rotatable bonds is 4. The maximum absolute atomic E-state index is 12.9. The lowest BCUT2D eigenvalue weighted by molar-refractivity contribution is -0.0557. The van der Waals surface area contributed by atoms with Gasteiger partial charge in [0.25, 0.3) is 5.91 Å². The van der Waals surface area contributed by atoms with Crippen LogP contribution in [0.25, 0.3) is 0 Å². The molecule has 1 saturated heterocycles. The molecule has 0 spiro atoms. The molecule has 3 atom stereocenters. The summed E-state index contributed by atoms with van der Waals surface area (Å²) in [4.78, 5) is 14.9. The average molecular weight is 304 g/mol. The molecule has 5 nitrogen and oxygen atoms in total. The van der Waals surface area contributed by atoms with Crippen LogP contribution in [0, 0.1) is 5.92 Å². The van der Waals surface area contributed by atoms with E-state index in [0.29, 0.717) is 13.2 Å². The minimum absolute atomic E-state index is 0.0484. The number of fused-ring (bicyclic) bond motifs is 2. The third-order valence-electron chi connectivity index (χ3n) is 5.20. The van der Waals surface area contributed by atoms with Gasteiger partial charge in [-0.25, -0.2) is 0 Å². The van der Waals surface area contributed by atoms with E-state index >= 15 is 0 Å². The van der Waals surface area contributed by atoms with Gasteiger partial charge in [-0.2, -0.15) is 0 Å². The largest absolute Gasteiger partial charge is 0.374 e. The van der Waals surface area contributed by atoms with E-state index in [0.717, 1.165) is 31.1 Å². The molecule has 1 amide bonds. The number of ether oxygens (including phenoxy) is 2. The maximum Gasteiger partial charge on any atom is 0.270 e. The first-order valence-corrected chi connectivity index (χ1v) is 8.39. The molecule has 5 heteroatoms. The number of hydrogen-bond acceptors (Lipinski definition) is 3. The summed E-state index contributed by atoms with van der Waals surface area (Å²) in [5, 5.41) is 0. The van der Waals surface area contributed by atoms with Crippen LogP contribution < -0.4 is 0 Å². The monoisotopic (exact) mass is 304 g/mol. The van der Waals surface area contributed by atoms with Gasteiger partial charge in [0.15, 0.2) is 0 Å². The van der Waals surface area contributed by atoms with Gasteiger partial charge in [-0.05, 0) is 43.7 Å². The van der Waals surface area contributed by atoms with Gasteiger partial charge in [0.05, 0.1) is 18.8 Å². The van der Waals surface area contributed by atoms with Crippen molar-refractivity contribution >= 4 is 5.91 Å². The molecule has 3 fully saturated rings. The van der Waals surface area contributed by atoms with E-state index in [4.69, 9.17) is 9.47 Å². The van der Waals surface area contributed by atoms with E-state index in [-0.39, 0.29) is 24.2 Å². The van der Waals surface area contributed by atoms with Crippen LogP contribution >= 0.6 is 0 Å². The Kier molecular flexibility index (Phi) is 3.70. The lowest BCUT2D eigenvalue weighted by atomic mass is 10.1. The van der Waals surface area contributed by atoms with Crippen molar-refractivity contribution in [1.82, 2.24) is 9.47 Å². The first-order valence-electron chi connectivity index (χ1n) is 8.39. The molecule has 2 aliphatic carbocycles. The van der Waals surface area contributed by atoms with Crippen molar-refractivity contribution in [3.8, 4) is 0 Å². The molecule has 2 bridgehead atoms. The predicted octanol–water partition coefficient (Wildman–Crippen LogP) is 1.82. The molecule has 0 N–H and O–H groups in total. The Bertz CT molecular complexity index is 552. The van der Waals surface area contributed by atoms with Gasteiger partial charge in [-0.3, -0.25) is 4.79 Å². The Morgan fingerprint density at radius 3 is 2.95 bits per heavy atom. The Labute approximate surface area is 131 Å². The van der Waals surface area contributed by atoms with Crippen LogP contribution in [0.4, 0.5) is 0 Å². The molecule has 1 aromatic heterocycles.